The summed E-state index contributed by atoms with van der Waals surface area (Å²) in [6, 6.07) is 21.6. The molecule has 0 saturated carbocycles. The standard InChI is InChI=1S/C23H18N2O3/c26-22(13-25-20-7-3-4-8-21(20)28-14-23(25)27)24-17-9-10-19-16(12-17)11-15-5-1-2-6-18(15)19/h1-10,12H,11,13-14H2,(H,24,26). The third-order valence-electron chi connectivity index (χ3n) is 5.19. The third-order valence-corrected chi connectivity index (χ3v) is 5.19. The van der Waals surface area contributed by atoms with Gasteiger partial charge in [-0.2, -0.15) is 0 Å². The largest absolute Gasteiger partial charge is 0.482 e. The summed E-state index contributed by atoms with van der Waals surface area (Å²) in [5.74, 6) is 0.156. The Morgan fingerprint density at radius 3 is 2.68 bits per heavy atom. The van der Waals surface area contributed by atoms with Crippen LogP contribution in [0.15, 0.2) is 66.7 Å². The molecule has 5 heteroatoms. The fourth-order valence-electron chi connectivity index (χ4n) is 3.89. The highest BCUT2D eigenvalue weighted by Crippen LogP contribution is 2.37. The lowest BCUT2D eigenvalue weighted by molar-refractivity contribution is -0.123. The third kappa shape index (κ3) is 2.81. The van der Waals surface area contributed by atoms with E-state index >= 15 is 0 Å². The molecule has 0 unspecified atom stereocenters. The van der Waals surface area contributed by atoms with Crippen molar-refractivity contribution >= 4 is 23.2 Å². The van der Waals surface area contributed by atoms with Gasteiger partial charge in [0, 0.05) is 5.69 Å². The molecule has 2 aliphatic rings. The second kappa shape index (κ2) is 6.53. The smallest absolute Gasteiger partial charge is 0.265 e. The first kappa shape index (κ1) is 16.6. The Labute approximate surface area is 162 Å². The first-order chi connectivity index (χ1) is 13.7. The minimum atomic E-state index is -0.236. The van der Waals surface area contributed by atoms with Crippen LogP contribution in [-0.4, -0.2) is 25.0 Å². The van der Waals surface area contributed by atoms with Gasteiger partial charge >= 0.3 is 0 Å². The van der Waals surface area contributed by atoms with E-state index in [1.165, 1.54) is 27.2 Å². The zero-order valence-corrected chi connectivity index (χ0v) is 15.1. The first-order valence-electron chi connectivity index (χ1n) is 9.22. The molecule has 0 radical (unpaired) electrons. The minimum Gasteiger partial charge on any atom is -0.482 e. The number of anilines is 2. The molecule has 0 bridgehead atoms. The molecule has 3 aromatic rings. The highest BCUT2D eigenvalue weighted by Gasteiger charge is 2.27. The van der Waals surface area contributed by atoms with Crippen molar-refractivity contribution in [1.29, 1.82) is 0 Å². The highest BCUT2D eigenvalue weighted by molar-refractivity contribution is 6.05. The van der Waals surface area contributed by atoms with E-state index in [0.29, 0.717) is 11.4 Å². The van der Waals surface area contributed by atoms with Crippen LogP contribution >= 0.6 is 0 Å². The lowest BCUT2D eigenvalue weighted by atomic mass is 10.1. The number of nitrogens with one attached hydrogen (secondary N) is 1. The van der Waals surface area contributed by atoms with E-state index in [-0.39, 0.29) is 25.0 Å². The van der Waals surface area contributed by atoms with Crippen LogP contribution in [0, 0.1) is 0 Å². The summed E-state index contributed by atoms with van der Waals surface area (Å²) >= 11 is 0. The van der Waals surface area contributed by atoms with Gasteiger partial charge in [0.1, 0.15) is 12.3 Å². The summed E-state index contributed by atoms with van der Waals surface area (Å²) < 4.78 is 5.42. The van der Waals surface area contributed by atoms with Crippen LogP contribution in [-0.2, 0) is 16.0 Å². The topological polar surface area (TPSA) is 58.6 Å². The Kier molecular flexibility index (Phi) is 3.86. The van der Waals surface area contributed by atoms with Gasteiger partial charge in [-0.3, -0.25) is 14.5 Å². The summed E-state index contributed by atoms with van der Waals surface area (Å²) in [4.78, 5) is 26.3. The molecule has 1 heterocycles. The van der Waals surface area contributed by atoms with E-state index in [2.05, 4.69) is 17.4 Å². The van der Waals surface area contributed by atoms with Gasteiger partial charge in [0.25, 0.3) is 5.91 Å². The van der Waals surface area contributed by atoms with Crippen molar-refractivity contribution in [2.45, 2.75) is 6.42 Å². The van der Waals surface area contributed by atoms with Crippen LogP contribution in [0.25, 0.3) is 11.1 Å². The molecule has 0 saturated heterocycles. The van der Waals surface area contributed by atoms with E-state index in [1.807, 2.05) is 42.5 Å². The van der Waals surface area contributed by atoms with Crippen molar-refractivity contribution in [2.24, 2.45) is 0 Å². The average Bonchev–Trinajstić information content (AvgIpc) is 3.08. The van der Waals surface area contributed by atoms with Crippen LogP contribution in [0.3, 0.4) is 0 Å². The predicted octanol–water partition coefficient (Wildman–Crippen LogP) is 3.62. The number of nitrogens with zero attached hydrogens (tertiary/aromatic N) is 1. The summed E-state index contributed by atoms with van der Waals surface area (Å²) in [5, 5.41) is 2.92. The molecule has 0 spiro atoms. The molecular formula is C23H18N2O3. The Morgan fingerprint density at radius 1 is 0.964 bits per heavy atom. The number of carbonyl (C=O) groups is 2. The SMILES string of the molecule is O=C(CN1C(=O)COc2ccccc21)Nc1ccc2c(c1)Cc1ccccc1-2. The molecule has 5 rings (SSSR count). The summed E-state index contributed by atoms with van der Waals surface area (Å²) in [6.07, 6.45) is 0.866. The van der Waals surface area contributed by atoms with Crippen LogP contribution in [0.1, 0.15) is 11.1 Å². The zero-order valence-electron chi connectivity index (χ0n) is 15.1. The number of amides is 2. The number of ether oxygens (including phenoxy) is 1. The number of para-hydroxylation sites is 2. The molecule has 2 amide bonds. The van der Waals surface area contributed by atoms with Crippen molar-refractivity contribution in [3.63, 3.8) is 0 Å². The Morgan fingerprint density at radius 2 is 1.75 bits per heavy atom. The monoisotopic (exact) mass is 370 g/mol. The van der Waals surface area contributed by atoms with Gasteiger partial charge in [-0.05, 0) is 52.9 Å². The maximum atomic E-state index is 12.6. The Balaban J connectivity index is 1.33. The van der Waals surface area contributed by atoms with Crippen LogP contribution in [0.2, 0.25) is 0 Å². The van der Waals surface area contributed by atoms with Crippen molar-refractivity contribution in [3.05, 3.63) is 77.9 Å². The fraction of sp³-hybridized carbons (Fsp3) is 0.130. The number of carbonyl (C=O) groups excluding carboxylic acids is 2. The number of fused-ring (bicyclic) bond motifs is 4. The van der Waals surface area contributed by atoms with Gasteiger partial charge in [-0.1, -0.05) is 42.5 Å². The molecule has 1 aliphatic heterocycles. The van der Waals surface area contributed by atoms with Crippen molar-refractivity contribution in [3.8, 4) is 16.9 Å². The summed E-state index contributed by atoms with van der Waals surface area (Å²) in [7, 11) is 0. The molecule has 1 aliphatic carbocycles. The number of benzene rings is 3. The number of hydrogen-bond donors (Lipinski definition) is 1. The average molecular weight is 370 g/mol. The lowest BCUT2D eigenvalue weighted by Crippen LogP contribution is -2.43. The minimum absolute atomic E-state index is 0.0451. The molecule has 3 aromatic carbocycles. The number of hydrogen-bond acceptors (Lipinski definition) is 3. The van der Waals surface area contributed by atoms with Crippen LogP contribution < -0.4 is 15.0 Å². The molecule has 138 valence electrons. The predicted molar refractivity (Wildman–Crippen MR) is 108 cm³/mol. The van der Waals surface area contributed by atoms with Gasteiger partial charge in [0.15, 0.2) is 6.61 Å². The second-order valence-electron chi connectivity index (χ2n) is 6.99. The molecule has 0 atom stereocenters. The first-order valence-corrected chi connectivity index (χ1v) is 9.22. The van der Waals surface area contributed by atoms with E-state index in [1.54, 1.807) is 12.1 Å². The van der Waals surface area contributed by atoms with Crippen LogP contribution in [0.5, 0.6) is 5.75 Å². The molecule has 5 nitrogen and oxygen atoms in total. The van der Waals surface area contributed by atoms with E-state index in [0.717, 1.165) is 12.1 Å². The Hall–Kier alpha value is -3.60. The summed E-state index contributed by atoms with van der Waals surface area (Å²) in [6.45, 7) is -0.0993. The molecular weight excluding hydrogens is 352 g/mol. The van der Waals surface area contributed by atoms with Gasteiger partial charge < -0.3 is 10.1 Å². The quantitative estimate of drug-likeness (QED) is 0.599. The molecule has 0 fully saturated rings. The van der Waals surface area contributed by atoms with Crippen molar-refractivity contribution in [1.82, 2.24) is 0 Å². The molecule has 28 heavy (non-hydrogen) atoms. The number of rotatable bonds is 3. The fourth-order valence-corrected chi connectivity index (χ4v) is 3.89. The summed E-state index contributed by atoms with van der Waals surface area (Å²) in [5.41, 5.74) is 6.34. The normalized spacial score (nSPS) is 14.0. The molecule has 0 aromatic heterocycles. The van der Waals surface area contributed by atoms with Gasteiger partial charge in [-0.25, -0.2) is 0 Å². The zero-order chi connectivity index (χ0) is 19.1. The van der Waals surface area contributed by atoms with Crippen LogP contribution in [0.4, 0.5) is 11.4 Å². The van der Waals surface area contributed by atoms with E-state index in [9.17, 15) is 9.59 Å². The van der Waals surface area contributed by atoms with Gasteiger partial charge in [0.2, 0.25) is 5.91 Å². The highest BCUT2D eigenvalue weighted by atomic mass is 16.5. The van der Waals surface area contributed by atoms with Gasteiger partial charge in [0.05, 0.1) is 5.69 Å². The second-order valence-corrected chi connectivity index (χ2v) is 6.99. The Bertz CT molecular complexity index is 1110. The van der Waals surface area contributed by atoms with E-state index < -0.39 is 0 Å². The lowest BCUT2D eigenvalue weighted by Gasteiger charge is -2.28. The van der Waals surface area contributed by atoms with Crippen molar-refractivity contribution < 1.29 is 14.3 Å². The van der Waals surface area contributed by atoms with Crippen molar-refractivity contribution in [2.75, 3.05) is 23.4 Å². The maximum Gasteiger partial charge on any atom is 0.265 e. The van der Waals surface area contributed by atoms with E-state index in [4.69, 9.17) is 4.74 Å². The maximum absolute atomic E-state index is 12.6. The van der Waals surface area contributed by atoms with Gasteiger partial charge in [-0.15, -0.1) is 0 Å². The molecule has 1 N–H and O–H groups in total.